The second-order valence-corrected chi connectivity index (χ2v) is 19.3. The van der Waals surface area contributed by atoms with Crippen LogP contribution in [0.25, 0.3) is 0 Å². The summed E-state index contributed by atoms with van der Waals surface area (Å²) in [6.45, 7) is 1.55. The first-order valence-corrected chi connectivity index (χ1v) is 26.7. The summed E-state index contributed by atoms with van der Waals surface area (Å²) in [7, 11) is 0. The predicted molar refractivity (Wildman–Crippen MR) is 263 cm³/mol. The minimum Gasteiger partial charge on any atom is -0.394 e. The van der Waals surface area contributed by atoms with E-state index in [1.807, 2.05) is 6.08 Å². The number of ether oxygens (including phenoxy) is 6. The minimum atomic E-state index is -1.98. The average molecular weight is 1020 g/mol. The largest absolute Gasteiger partial charge is 0.394 e. The van der Waals surface area contributed by atoms with Crippen molar-refractivity contribution in [3.05, 3.63) is 36.5 Å². The number of hydrogen-bond donors (Lipinski definition) is 12. The number of unbranched alkanes of at least 4 members (excludes halogenated alkanes) is 17. The number of amides is 1. The number of rotatable bonds is 37. The zero-order chi connectivity index (χ0) is 52.0. The van der Waals surface area contributed by atoms with Crippen LogP contribution in [-0.2, 0) is 33.2 Å². The zero-order valence-electron chi connectivity index (χ0n) is 42.4. The van der Waals surface area contributed by atoms with Crippen LogP contribution in [0, 0.1) is 0 Å². The highest BCUT2D eigenvalue weighted by Crippen LogP contribution is 2.33. The van der Waals surface area contributed by atoms with Gasteiger partial charge in [-0.05, 0) is 44.9 Å². The SMILES string of the molecule is CCCCCCCCCCCCC/C=C/CC/C=C/CC/C=C/C(O)C(COC1OC(CO)C(OC2OC(CO)C(OC3OC(CO)C(O)C(O)C3O)C(O)C2O)C(O)C1O)NC(=O)CCCCCCC. The fourth-order valence-electron chi connectivity index (χ4n) is 8.93. The summed E-state index contributed by atoms with van der Waals surface area (Å²) in [4.78, 5) is 13.0. The molecule has 19 nitrogen and oxygen atoms in total. The van der Waals surface area contributed by atoms with Gasteiger partial charge in [-0.3, -0.25) is 4.79 Å². The number of carbonyl (C=O) groups is 1. The maximum absolute atomic E-state index is 13.0. The molecule has 3 rings (SSSR count). The third kappa shape index (κ3) is 22.4. The molecule has 3 aliphatic heterocycles. The van der Waals surface area contributed by atoms with Crippen molar-refractivity contribution >= 4 is 5.91 Å². The van der Waals surface area contributed by atoms with Crippen LogP contribution in [0.4, 0.5) is 0 Å². The van der Waals surface area contributed by atoms with Crippen molar-refractivity contribution in [2.45, 2.75) is 259 Å². The van der Waals surface area contributed by atoms with E-state index in [2.05, 4.69) is 43.5 Å². The molecule has 0 aromatic carbocycles. The van der Waals surface area contributed by atoms with Gasteiger partial charge in [-0.1, -0.05) is 140 Å². The van der Waals surface area contributed by atoms with Gasteiger partial charge in [0.1, 0.15) is 73.2 Å². The predicted octanol–water partition coefficient (Wildman–Crippen LogP) is 2.59. The zero-order valence-corrected chi connectivity index (χ0v) is 42.4. The Morgan fingerprint density at radius 1 is 0.493 bits per heavy atom. The Balaban J connectivity index is 1.50. The number of aliphatic hydroxyl groups excluding tert-OH is 11. The summed E-state index contributed by atoms with van der Waals surface area (Å²) in [5, 5.41) is 119. The fourth-order valence-corrected chi connectivity index (χ4v) is 8.93. The van der Waals surface area contributed by atoms with E-state index in [0.29, 0.717) is 12.8 Å². The van der Waals surface area contributed by atoms with Gasteiger partial charge in [0.15, 0.2) is 18.9 Å². The molecule has 3 heterocycles. The lowest BCUT2D eigenvalue weighted by Crippen LogP contribution is -2.66. The van der Waals surface area contributed by atoms with Crippen LogP contribution >= 0.6 is 0 Å². The normalized spacial score (nSPS) is 32.5. The molecular formula is C52H93NO18. The van der Waals surface area contributed by atoms with Crippen molar-refractivity contribution in [1.29, 1.82) is 0 Å². The van der Waals surface area contributed by atoms with Crippen molar-refractivity contribution in [3.63, 3.8) is 0 Å². The molecule has 0 aromatic rings. The standard InChI is InChI=1S/C52H93NO18/c1-3-5-7-9-10-11-12-13-14-15-16-17-18-19-20-21-22-23-24-26-27-29-36(57)35(53-40(58)30-28-25-8-6-4-2)34-66-50-46(64)43(61)48(38(32-55)68-50)71-52-47(65)44(62)49(39(33-56)69-52)70-51-45(63)42(60)41(59)37(31-54)67-51/h18-19,22-23,27,29,35-39,41-52,54-57,59-65H,3-17,20-21,24-26,28,30-34H2,1-2H3,(H,53,58)/b19-18+,23-22+,29-27+. The molecule has 3 saturated heterocycles. The van der Waals surface area contributed by atoms with Gasteiger partial charge in [0.05, 0.1) is 38.6 Å². The Morgan fingerprint density at radius 2 is 0.901 bits per heavy atom. The topological polar surface area (TPSA) is 307 Å². The Morgan fingerprint density at radius 3 is 1.41 bits per heavy atom. The first-order chi connectivity index (χ1) is 34.3. The van der Waals surface area contributed by atoms with Crippen molar-refractivity contribution < 1.29 is 89.4 Å². The Hall–Kier alpha value is -1.99. The van der Waals surface area contributed by atoms with Gasteiger partial charge in [0, 0.05) is 6.42 Å². The number of hydrogen-bond acceptors (Lipinski definition) is 18. The highest BCUT2D eigenvalue weighted by molar-refractivity contribution is 5.76. The molecule has 1 amide bonds. The second kappa shape index (κ2) is 36.9. The fraction of sp³-hybridized carbons (Fsp3) is 0.865. The van der Waals surface area contributed by atoms with E-state index in [-0.39, 0.29) is 18.9 Å². The van der Waals surface area contributed by atoms with Gasteiger partial charge < -0.3 is 89.9 Å². The van der Waals surface area contributed by atoms with Crippen LogP contribution in [0.15, 0.2) is 36.5 Å². The van der Waals surface area contributed by atoms with E-state index < -0.39 is 124 Å². The number of nitrogens with one attached hydrogen (secondary N) is 1. The molecule has 71 heavy (non-hydrogen) atoms. The van der Waals surface area contributed by atoms with Crippen LogP contribution < -0.4 is 5.32 Å². The van der Waals surface area contributed by atoms with E-state index in [1.165, 1.54) is 70.6 Å². The Bertz CT molecular complexity index is 1450. The first-order valence-electron chi connectivity index (χ1n) is 26.7. The summed E-state index contributed by atoms with van der Waals surface area (Å²) in [6.07, 6.45) is 9.32. The molecule has 17 atom stereocenters. The minimum absolute atomic E-state index is 0.227. The molecule has 0 radical (unpaired) electrons. The lowest BCUT2D eigenvalue weighted by molar-refractivity contribution is -0.379. The molecule has 19 heteroatoms. The molecular weight excluding hydrogens is 927 g/mol. The van der Waals surface area contributed by atoms with E-state index in [0.717, 1.165) is 51.4 Å². The third-order valence-electron chi connectivity index (χ3n) is 13.4. The molecule has 0 spiro atoms. The van der Waals surface area contributed by atoms with Gasteiger partial charge in [-0.15, -0.1) is 0 Å². The van der Waals surface area contributed by atoms with Gasteiger partial charge in [0.25, 0.3) is 0 Å². The second-order valence-electron chi connectivity index (χ2n) is 19.3. The summed E-state index contributed by atoms with van der Waals surface area (Å²) in [5.74, 6) is -0.305. The van der Waals surface area contributed by atoms with Gasteiger partial charge in [-0.2, -0.15) is 0 Å². The Kier molecular flexibility index (Phi) is 32.9. The van der Waals surface area contributed by atoms with Crippen molar-refractivity contribution in [1.82, 2.24) is 5.32 Å². The van der Waals surface area contributed by atoms with Crippen molar-refractivity contribution in [3.8, 4) is 0 Å². The maximum atomic E-state index is 13.0. The summed E-state index contributed by atoms with van der Waals surface area (Å²) in [6, 6.07) is -0.989. The lowest BCUT2D eigenvalue weighted by Gasteiger charge is -2.48. The number of aliphatic hydroxyl groups is 11. The number of allylic oxidation sites excluding steroid dienone is 5. The summed E-state index contributed by atoms with van der Waals surface area (Å²) in [5.41, 5.74) is 0. The molecule has 0 aromatic heterocycles. The molecule has 0 bridgehead atoms. The average Bonchev–Trinajstić information content (AvgIpc) is 3.36. The van der Waals surface area contributed by atoms with Crippen LogP contribution in [-0.4, -0.2) is 193 Å². The molecule has 3 aliphatic rings. The summed E-state index contributed by atoms with van der Waals surface area (Å²) >= 11 is 0. The lowest BCUT2D eigenvalue weighted by atomic mass is 9.96. The highest BCUT2D eigenvalue weighted by atomic mass is 16.8. The molecule has 3 fully saturated rings. The molecule has 0 saturated carbocycles. The molecule has 12 N–H and O–H groups in total. The van der Waals surface area contributed by atoms with Gasteiger partial charge in [-0.25, -0.2) is 0 Å². The highest BCUT2D eigenvalue weighted by Gasteiger charge is 2.53. The van der Waals surface area contributed by atoms with E-state index in [1.54, 1.807) is 6.08 Å². The van der Waals surface area contributed by atoms with Gasteiger partial charge in [0.2, 0.25) is 5.91 Å². The monoisotopic (exact) mass is 1020 g/mol. The van der Waals surface area contributed by atoms with Crippen LogP contribution in [0.1, 0.15) is 155 Å². The first kappa shape index (κ1) is 63.3. The number of carbonyl (C=O) groups excluding carboxylic acids is 1. The molecule has 0 aliphatic carbocycles. The smallest absolute Gasteiger partial charge is 0.220 e. The van der Waals surface area contributed by atoms with E-state index in [9.17, 15) is 61.0 Å². The van der Waals surface area contributed by atoms with E-state index >= 15 is 0 Å². The van der Waals surface area contributed by atoms with Crippen LogP contribution in [0.2, 0.25) is 0 Å². The third-order valence-corrected chi connectivity index (χ3v) is 13.4. The Labute approximate surface area is 421 Å². The van der Waals surface area contributed by atoms with Crippen molar-refractivity contribution in [2.24, 2.45) is 0 Å². The van der Waals surface area contributed by atoms with Crippen LogP contribution in [0.5, 0.6) is 0 Å². The molecule has 17 unspecified atom stereocenters. The van der Waals surface area contributed by atoms with Crippen molar-refractivity contribution in [2.75, 3.05) is 26.4 Å². The molecule has 414 valence electrons. The maximum Gasteiger partial charge on any atom is 0.220 e. The van der Waals surface area contributed by atoms with E-state index in [4.69, 9.17) is 28.4 Å². The van der Waals surface area contributed by atoms with Gasteiger partial charge >= 0.3 is 0 Å². The summed E-state index contributed by atoms with van der Waals surface area (Å²) < 4.78 is 34.0. The quantitative estimate of drug-likeness (QED) is 0.0314. The van der Waals surface area contributed by atoms with Crippen LogP contribution in [0.3, 0.4) is 0 Å².